The molecule has 1 heterocycles. The first kappa shape index (κ1) is 15.9. The highest BCUT2D eigenvalue weighted by Gasteiger charge is 2.33. The minimum Gasteiger partial charge on any atom is -0.378 e. The molecule has 20 heavy (non-hydrogen) atoms. The van der Waals surface area contributed by atoms with Gasteiger partial charge in [-0.25, -0.2) is 0 Å². The minimum absolute atomic E-state index is 0.127. The maximum atomic E-state index is 5.78. The van der Waals surface area contributed by atoms with Crippen molar-refractivity contribution in [2.75, 3.05) is 6.61 Å². The molecule has 1 aliphatic carbocycles. The van der Waals surface area contributed by atoms with Gasteiger partial charge in [0.05, 0.1) is 28.5 Å². The predicted molar refractivity (Wildman–Crippen MR) is 83.1 cm³/mol. The van der Waals surface area contributed by atoms with Crippen LogP contribution >= 0.6 is 15.9 Å². The number of nitrogens with two attached hydrogens (primary N) is 1. The van der Waals surface area contributed by atoms with Crippen LogP contribution in [0.15, 0.2) is 10.7 Å². The third-order valence-corrected chi connectivity index (χ3v) is 4.58. The van der Waals surface area contributed by atoms with Crippen LogP contribution in [0.25, 0.3) is 0 Å². The number of hydrogen-bond donors (Lipinski definition) is 2. The fourth-order valence-corrected chi connectivity index (χ4v) is 3.47. The molecule has 0 bridgehead atoms. The molecule has 5 nitrogen and oxygen atoms in total. The summed E-state index contributed by atoms with van der Waals surface area (Å²) in [5.41, 5.74) is 4.10. The summed E-state index contributed by atoms with van der Waals surface area (Å²) in [5.74, 6) is 6.46. The molecule has 1 atom stereocenters. The molecule has 2 rings (SSSR count). The molecule has 0 aromatic carbocycles. The van der Waals surface area contributed by atoms with Crippen LogP contribution in [0.5, 0.6) is 0 Å². The van der Waals surface area contributed by atoms with E-state index < -0.39 is 0 Å². The van der Waals surface area contributed by atoms with Gasteiger partial charge in [-0.2, -0.15) is 5.10 Å². The van der Waals surface area contributed by atoms with Crippen LogP contribution in [0.3, 0.4) is 0 Å². The summed E-state index contributed by atoms with van der Waals surface area (Å²) in [7, 11) is 0. The highest BCUT2D eigenvalue weighted by Crippen LogP contribution is 2.38. The maximum Gasteiger partial charge on any atom is 0.0712 e. The summed E-state index contributed by atoms with van der Waals surface area (Å²) in [6.07, 6.45) is 5.60. The van der Waals surface area contributed by atoms with Crippen molar-refractivity contribution < 1.29 is 4.74 Å². The third-order valence-electron chi connectivity index (χ3n) is 3.97. The molecule has 114 valence electrons. The predicted octanol–water partition coefficient (Wildman–Crippen LogP) is 2.94. The third kappa shape index (κ3) is 3.42. The molecular weight excluding hydrogens is 320 g/mol. The van der Waals surface area contributed by atoms with Crippen molar-refractivity contribution in [2.24, 2.45) is 11.8 Å². The zero-order valence-corrected chi connectivity index (χ0v) is 14.1. The topological polar surface area (TPSA) is 65.1 Å². The normalized spacial score (nSPS) is 23.9. The van der Waals surface area contributed by atoms with Gasteiger partial charge in [0.2, 0.25) is 0 Å². The van der Waals surface area contributed by atoms with Crippen molar-refractivity contribution in [3.8, 4) is 0 Å². The van der Waals surface area contributed by atoms with E-state index in [1.807, 2.05) is 10.9 Å². The van der Waals surface area contributed by atoms with Gasteiger partial charge in [-0.1, -0.05) is 0 Å². The van der Waals surface area contributed by atoms with Gasteiger partial charge in [0.1, 0.15) is 0 Å². The Hall–Kier alpha value is -0.430. The van der Waals surface area contributed by atoms with Crippen LogP contribution in [-0.4, -0.2) is 22.5 Å². The van der Waals surface area contributed by atoms with Gasteiger partial charge in [0.25, 0.3) is 0 Å². The first-order valence-corrected chi connectivity index (χ1v) is 8.16. The number of hydrogen-bond acceptors (Lipinski definition) is 4. The van der Waals surface area contributed by atoms with E-state index in [1.165, 1.54) is 0 Å². The smallest absolute Gasteiger partial charge is 0.0712 e. The van der Waals surface area contributed by atoms with E-state index in [0.717, 1.165) is 36.0 Å². The summed E-state index contributed by atoms with van der Waals surface area (Å²) in [6, 6.07) is 0.451. The Bertz CT molecular complexity index is 429. The summed E-state index contributed by atoms with van der Waals surface area (Å²) in [4.78, 5) is 0. The molecule has 1 saturated carbocycles. The second kappa shape index (κ2) is 7.02. The van der Waals surface area contributed by atoms with E-state index in [0.29, 0.717) is 18.1 Å². The summed E-state index contributed by atoms with van der Waals surface area (Å²) < 4.78 is 8.68. The fourth-order valence-electron chi connectivity index (χ4n) is 2.92. The number of aromatic nitrogens is 2. The largest absolute Gasteiger partial charge is 0.378 e. The second-order valence-corrected chi connectivity index (χ2v) is 6.64. The van der Waals surface area contributed by atoms with Crippen LogP contribution in [-0.2, 0) is 4.74 Å². The SMILES string of the molecule is CCOC1CC(CC(NN)c2c(Br)cnn2C(C)C)C1. The zero-order chi connectivity index (χ0) is 14.7. The van der Waals surface area contributed by atoms with E-state index in [-0.39, 0.29) is 6.04 Å². The zero-order valence-electron chi connectivity index (χ0n) is 12.5. The number of ether oxygens (including phenoxy) is 1. The van der Waals surface area contributed by atoms with Crippen molar-refractivity contribution >= 4 is 15.9 Å². The second-order valence-electron chi connectivity index (χ2n) is 5.79. The first-order valence-electron chi connectivity index (χ1n) is 7.37. The Morgan fingerprint density at radius 2 is 2.25 bits per heavy atom. The molecule has 1 aliphatic rings. The molecule has 1 unspecified atom stereocenters. The van der Waals surface area contributed by atoms with Crippen molar-refractivity contribution in [3.05, 3.63) is 16.4 Å². The lowest BCUT2D eigenvalue weighted by Crippen LogP contribution is -2.37. The molecule has 6 heteroatoms. The molecular formula is C14H25BrN4O. The van der Waals surface area contributed by atoms with Gasteiger partial charge in [0, 0.05) is 12.6 Å². The molecule has 1 aromatic rings. The van der Waals surface area contributed by atoms with Crippen LogP contribution in [0, 0.1) is 5.92 Å². The number of halogens is 1. The highest BCUT2D eigenvalue weighted by molar-refractivity contribution is 9.10. The Balaban J connectivity index is 2.01. The Morgan fingerprint density at radius 1 is 1.55 bits per heavy atom. The van der Waals surface area contributed by atoms with Gasteiger partial charge >= 0.3 is 0 Å². The summed E-state index contributed by atoms with van der Waals surface area (Å²) >= 11 is 3.59. The molecule has 1 aromatic heterocycles. The van der Waals surface area contributed by atoms with Gasteiger partial charge in [0.15, 0.2) is 0 Å². The van der Waals surface area contributed by atoms with Crippen LogP contribution in [0.2, 0.25) is 0 Å². The Labute approximate surface area is 129 Å². The van der Waals surface area contributed by atoms with E-state index in [2.05, 4.69) is 47.2 Å². The Kier molecular flexibility index (Phi) is 5.60. The number of nitrogens with one attached hydrogen (secondary N) is 1. The highest BCUT2D eigenvalue weighted by atomic mass is 79.9. The number of rotatable bonds is 7. The number of hydrazine groups is 1. The van der Waals surface area contributed by atoms with E-state index in [1.54, 1.807) is 0 Å². The Morgan fingerprint density at radius 3 is 2.80 bits per heavy atom. The van der Waals surface area contributed by atoms with Crippen LogP contribution in [0.4, 0.5) is 0 Å². The molecule has 0 spiro atoms. The molecule has 0 saturated heterocycles. The molecule has 1 fully saturated rings. The molecule has 3 N–H and O–H groups in total. The summed E-state index contributed by atoms with van der Waals surface area (Å²) in [5, 5.41) is 4.43. The standard InChI is InChI=1S/C14H25BrN4O/c1-4-20-11-5-10(6-11)7-13(18-16)14-12(15)8-17-19(14)9(2)3/h8-11,13,18H,4-7,16H2,1-3H3. The molecule has 0 amide bonds. The maximum absolute atomic E-state index is 5.78. The average molecular weight is 345 g/mol. The number of nitrogens with zero attached hydrogens (tertiary/aromatic N) is 2. The van der Waals surface area contributed by atoms with Crippen molar-refractivity contribution in [1.29, 1.82) is 0 Å². The average Bonchev–Trinajstić information content (AvgIpc) is 2.74. The van der Waals surface area contributed by atoms with E-state index in [9.17, 15) is 0 Å². The van der Waals surface area contributed by atoms with Crippen molar-refractivity contribution in [3.63, 3.8) is 0 Å². The monoisotopic (exact) mass is 344 g/mol. The van der Waals surface area contributed by atoms with Crippen molar-refractivity contribution in [1.82, 2.24) is 15.2 Å². The minimum atomic E-state index is 0.127. The lowest BCUT2D eigenvalue weighted by Gasteiger charge is -2.37. The summed E-state index contributed by atoms with van der Waals surface area (Å²) in [6.45, 7) is 7.12. The van der Waals surface area contributed by atoms with Gasteiger partial charge in [-0.3, -0.25) is 16.0 Å². The van der Waals surface area contributed by atoms with E-state index >= 15 is 0 Å². The van der Waals surface area contributed by atoms with Gasteiger partial charge < -0.3 is 4.74 Å². The van der Waals surface area contributed by atoms with Crippen LogP contribution < -0.4 is 11.3 Å². The molecule has 0 radical (unpaired) electrons. The quantitative estimate of drug-likeness (QED) is 0.589. The van der Waals surface area contributed by atoms with Gasteiger partial charge in [-0.15, -0.1) is 0 Å². The lowest BCUT2D eigenvalue weighted by molar-refractivity contribution is -0.0294. The van der Waals surface area contributed by atoms with Crippen LogP contribution in [0.1, 0.15) is 57.8 Å². The van der Waals surface area contributed by atoms with Crippen molar-refractivity contribution in [2.45, 2.75) is 58.2 Å². The lowest BCUT2D eigenvalue weighted by atomic mass is 9.78. The van der Waals surface area contributed by atoms with Gasteiger partial charge in [-0.05, 0) is 61.9 Å². The fraction of sp³-hybridized carbons (Fsp3) is 0.786. The van der Waals surface area contributed by atoms with E-state index in [4.69, 9.17) is 10.6 Å². The first-order chi connectivity index (χ1) is 9.56. The molecule has 0 aliphatic heterocycles.